The Hall–Kier alpha value is 0.440. The van der Waals surface area contributed by atoms with Crippen LogP contribution in [0.5, 0.6) is 0 Å². The molecule has 2 rings (SSSR count). The second-order valence-electron chi connectivity index (χ2n) is 6.03. The molecule has 1 spiro atoms. The van der Waals surface area contributed by atoms with Gasteiger partial charge in [-0.3, -0.25) is 0 Å². The lowest BCUT2D eigenvalue weighted by Gasteiger charge is -2.43. The minimum atomic E-state index is 0.301. The summed E-state index contributed by atoms with van der Waals surface area (Å²) in [6.45, 7) is 3.29. The van der Waals surface area contributed by atoms with E-state index >= 15 is 0 Å². The van der Waals surface area contributed by atoms with Gasteiger partial charge < -0.3 is 4.74 Å². The fourth-order valence-corrected chi connectivity index (χ4v) is 3.81. The lowest BCUT2D eigenvalue weighted by molar-refractivity contribution is -0.118. The molecule has 17 heavy (non-hydrogen) atoms. The molecule has 0 N–H and O–H groups in total. The average Bonchev–Trinajstić information content (AvgIpc) is 2.37. The number of rotatable bonds is 4. The van der Waals surface area contributed by atoms with E-state index in [1.165, 1.54) is 64.2 Å². The van der Waals surface area contributed by atoms with Gasteiger partial charge in [0.25, 0.3) is 0 Å². The van der Waals surface area contributed by atoms with Crippen molar-refractivity contribution in [3.63, 3.8) is 0 Å². The Morgan fingerprint density at radius 3 is 2.76 bits per heavy atom. The molecule has 0 aromatic carbocycles. The van der Waals surface area contributed by atoms with Gasteiger partial charge in [-0.25, -0.2) is 0 Å². The third-order valence-electron chi connectivity index (χ3n) is 4.69. The van der Waals surface area contributed by atoms with E-state index in [2.05, 4.69) is 22.9 Å². The summed E-state index contributed by atoms with van der Waals surface area (Å²) in [5.41, 5.74) is 0.301. The van der Waals surface area contributed by atoms with E-state index in [-0.39, 0.29) is 0 Å². The Labute approximate surface area is 115 Å². The van der Waals surface area contributed by atoms with E-state index in [0.29, 0.717) is 5.60 Å². The van der Waals surface area contributed by atoms with Gasteiger partial charge >= 0.3 is 0 Å². The van der Waals surface area contributed by atoms with E-state index in [1.54, 1.807) is 0 Å². The Morgan fingerprint density at radius 1 is 1.29 bits per heavy atom. The quantitative estimate of drug-likeness (QED) is 0.659. The van der Waals surface area contributed by atoms with E-state index in [9.17, 15) is 0 Å². The molecule has 1 aliphatic heterocycles. The van der Waals surface area contributed by atoms with Crippen LogP contribution >= 0.6 is 15.9 Å². The lowest BCUT2D eigenvalue weighted by atomic mass is 9.75. The molecule has 1 saturated heterocycles. The van der Waals surface area contributed by atoms with Crippen LogP contribution in [0.4, 0.5) is 0 Å². The van der Waals surface area contributed by atoms with E-state index in [0.717, 1.165) is 17.4 Å². The Bertz CT molecular complexity index is 217. The van der Waals surface area contributed by atoms with Gasteiger partial charge in [0.15, 0.2) is 0 Å². The summed E-state index contributed by atoms with van der Waals surface area (Å²) in [6.07, 6.45) is 13.5. The summed E-state index contributed by atoms with van der Waals surface area (Å²) < 4.78 is 6.16. The highest BCUT2D eigenvalue weighted by Crippen LogP contribution is 2.42. The van der Waals surface area contributed by atoms with Crippen molar-refractivity contribution in [1.29, 1.82) is 0 Å². The molecular formula is C15H27BrO. The zero-order valence-electron chi connectivity index (χ0n) is 11.2. The standard InChI is InChI=1S/C15H27BrO/c1-2-14(16)7-6-13-8-11-17-15(12-13)9-4-3-5-10-15/h13-14H,2-12H2,1H3. The molecule has 0 bridgehead atoms. The number of hydrogen-bond acceptors (Lipinski definition) is 1. The molecule has 2 unspecified atom stereocenters. The highest BCUT2D eigenvalue weighted by molar-refractivity contribution is 9.09. The smallest absolute Gasteiger partial charge is 0.0685 e. The van der Waals surface area contributed by atoms with Crippen LogP contribution in [0.1, 0.15) is 71.1 Å². The zero-order valence-corrected chi connectivity index (χ0v) is 12.8. The summed E-state index contributed by atoms with van der Waals surface area (Å²) >= 11 is 3.76. The number of alkyl halides is 1. The summed E-state index contributed by atoms with van der Waals surface area (Å²) in [5.74, 6) is 0.924. The molecule has 0 amide bonds. The molecule has 0 radical (unpaired) electrons. The van der Waals surface area contributed by atoms with Crippen LogP contribution in [-0.4, -0.2) is 17.0 Å². The molecule has 1 nitrogen and oxygen atoms in total. The molecule has 1 heterocycles. The largest absolute Gasteiger partial charge is 0.375 e. The first-order chi connectivity index (χ1) is 8.24. The Kier molecular flexibility index (Phi) is 5.35. The maximum atomic E-state index is 6.16. The second-order valence-corrected chi connectivity index (χ2v) is 7.33. The van der Waals surface area contributed by atoms with Crippen molar-refractivity contribution in [3.05, 3.63) is 0 Å². The van der Waals surface area contributed by atoms with Crippen LogP contribution < -0.4 is 0 Å². The van der Waals surface area contributed by atoms with Gasteiger partial charge in [-0.2, -0.15) is 0 Å². The number of ether oxygens (including phenoxy) is 1. The highest BCUT2D eigenvalue weighted by atomic mass is 79.9. The predicted molar refractivity (Wildman–Crippen MR) is 76.7 cm³/mol. The third-order valence-corrected chi connectivity index (χ3v) is 5.80. The maximum Gasteiger partial charge on any atom is 0.0685 e. The highest BCUT2D eigenvalue weighted by Gasteiger charge is 2.38. The molecule has 0 aromatic rings. The van der Waals surface area contributed by atoms with Gasteiger partial charge in [0.05, 0.1) is 5.60 Å². The van der Waals surface area contributed by atoms with Crippen molar-refractivity contribution in [1.82, 2.24) is 0 Å². The van der Waals surface area contributed by atoms with Crippen molar-refractivity contribution in [2.24, 2.45) is 5.92 Å². The molecular weight excluding hydrogens is 276 g/mol. The Balaban J connectivity index is 1.79. The fourth-order valence-electron chi connectivity index (χ4n) is 3.54. The number of hydrogen-bond donors (Lipinski definition) is 0. The monoisotopic (exact) mass is 302 g/mol. The van der Waals surface area contributed by atoms with Gasteiger partial charge in [0.1, 0.15) is 0 Å². The van der Waals surface area contributed by atoms with Gasteiger partial charge in [-0.1, -0.05) is 42.1 Å². The molecule has 100 valence electrons. The molecule has 2 atom stereocenters. The topological polar surface area (TPSA) is 9.23 Å². The van der Waals surface area contributed by atoms with Crippen molar-refractivity contribution in [2.75, 3.05) is 6.61 Å². The minimum Gasteiger partial charge on any atom is -0.375 e. The lowest BCUT2D eigenvalue weighted by Crippen LogP contribution is -2.41. The average molecular weight is 303 g/mol. The summed E-state index contributed by atoms with van der Waals surface area (Å²) in [7, 11) is 0. The van der Waals surface area contributed by atoms with Crippen molar-refractivity contribution in [2.45, 2.75) is 81.6 Å². The van der Waals surface area contributed by atoms with Crippen LogP contribution in [-0.2, 0) is 4.74 Å². The number of halogens is 1. The first kappa shape index (κ1) is 13.9. The van der Waals surface area contributed by atoms with Crippen LogP contribution in [0.25, 0.3) is 0 Å². The second kappa shape index (κ2) is 6.56. The van der Waals surface area contributed by atoms with Crippen molar-refractivity contribution in [3.8, 4) is 0 Å². The Morgan fingerprint density at radius 2 is 2.06 bits per heavy atom. The third kappa shape index (κ3) is 3.96. The predicted octanol–water partition coefficient (Wildman–Crippen LogP) is 5.07. The molecule has 2 fully saturated rings. The van der Waals surface area contributed by atoms with Crippen LogP contribution in [0.3, 0.4) is 0 Å². The SMILES string of the molecule is CCC(Br)CCC1CCOC2(CCCCC2)C1. The summed E-state index contributed by atoms with van der Waals surface area (Å²) in [6, 6.07) is 0. The first-order valence-electron chi connectivity index (χ1n) is 7.52. The van der Waals surface area contributed by atoms with E-state index in [4.69, 9.17) is 4.74 Å². The van der Waals surface area contributed by atoms with Crippen LogP contribution in [0.2, 0.25) is 0 Å². The van der Waals surface area contributed by atoms with E-state index in [1.807, 2.05) is 0 Å². The minimum absolute atomic E-state index is 0.301. The normalized spacial score (nSPS) is 30.4. The molecule has 0 aromatic heterocycles. The van der Waals surface area contributed by atoms with Crippen LogP contribution in [0.15, 0.2) is 0 Å². The van der Waals surface area contributed by atoms with Crippen molar-refractivity contribution < 1.29 is 4.74 Å². The van der Waals surface area contributed by atoms with Crippen molar-refractivity contribution >= 4 is 15.9 Å². The first-order valence-corrected chi connectivity index (χ1v) is 8.44. The maximum absolute atomic E-state index is 6.16. The van der Waals surface area contributed by atoms with Gasteiger partial charge in [0, 0.05) is 11.4 Å². The van der Waals surface area contributed by atoms with Gasteiger partial charge in [-0.15, -0.1) is 0 Å². The molecule has 2 aliphatic rings. The zero-order chi connectivity index (χ0) is 12.1. The van der Waals surface area contributed by atoms with E-state index < -0.39 is 0 Å². The summed E-state index contributed by atoms with van der Waals surface area (Å²) in [5, 5.41) is 0. The fraction of sp³-hybridized carbons (Fsp3) is 1.00. The van der Waals surface area contributed by atoms with Crippen LogP contribution in [0, 0.1) is 5.92 Å². The van der Waals surface area contributed by atoms with Gasteiger partial charge in [-0.05, 0) is 50.9 Å². The van der Waals surface area contributed by atoms with Gasteiger partial charge in [0.2, 0.25) is 0 Å². The summed E-state index contributed by atoms with van der Waals surface area (Å²) in [4.78, 5) is 0.729. The molecule has 1 saturated carbocycles. The molecule has 2 heteroatoms. The molecule has 1 aliphatic carbocycles.